The van der Waals surface area contributed by atoms with Gasteiger partial charge in [-0.1, -0.05) is 0 Å². The van der Waals surface area contributed by atoms with Crippen LogP contribution in [0.4, 0.5) is 0 Å². The summed E-state index contributed by atoms with van der Waals surface area (Å²) in [5.74, 6) is 1.15. The van der Waals surface area contributed by atoms with Crippen molar-refractivity contribution in [2.75, 3.05) is 26.2 Å². The summed E-state index contributed by atoms with van der Waals surface area (Å²) in [4.78, 5) is 20.7. The lowest BCUT2D eigenvalue weighted by molar-refractivity contribution is -0.127. The van der Waals surface area contributed by atoms with Gasteiger partial charge >= 0.3 is 0 Å². The van der Waals surface area contributed by atoms with Gasteiger partial charge < -0.3 is 15.5 Å². The Bertz CT molecular complexity index is 512. The van der Waals surface area contributed by atoms with Crippen molar-refractivity contribution in [3.63, 3.8) is 0 Å². The minimum Gasteiger partial charge on any atom is -0.357 e. The molecule has 0 unspecified atom stereocenters. The molecular weight excluding hydrogens is 296 g/mol. The second-order valence-corrected chi connectivity index (χ2v) is 6.84. The molecule has 0 bridgehead atoms. The molecule has 1 saturated heterocycles. The Morgan fingerprint density at radius 3 is 2.91 bits per heavy atom. The number of aliphatic imine (C=N–C) groups is 1. The molecule has 0 saturated carbocycles. The van der Waals surface area contributed by atoms with Crippen LogP contribution < -0.4 is 10.6 Å². The second kappa shape index (κ2) is 8.78. The Labute approximate surface area is 136 Å². The molecule has 22 heavy (non-hydrogen) atoms. The van der Waals surface area contributed by atoms with Gasteiger partial charge in [0.2, 0.25) is 5.91 Å². The van der Waals surface area contributed by atoms with E-state index < -0.39 is 0 Å². The number of thiophene rings is 1. The Morgan fingerprint density at radius 1 is 1.41 bits per heavy atom. The Hall–Kier alpha value is -1.56. The van der Waals surface area contributed by atoms with Gasteiger partial charge in [-0.15, -0.1) is 11.3 Å². The third kappa shape index (κ3) is 5.33. The van der Waals surface area contributed by atoms with Crippen LogP contribution in [0.2, 0.25) is 0 Å². The van der Waals surface area contributed by atoms with Gasteiger partial charge in [0.05, 0.1) is 6.54 Å². The van der Waals surface area contributed by atoms with E-state index in [1.54, 1.807) is 11.3 Å². The molecule has 0 aromatic carbocycles. The zero-order valence-electron chi connectivity index (χ0n) is 13.5. The summed E-state index contributed by atoms with van der Waals surface area (Å²) < 4.78 is 0. The highest BCUT2D eigenvalue weighted by molar-refractivity contribution is 7.11. The fraction of sp³-hybridized carbons (Fsp3) is 0.625. The van der Waals surface area contributed by atoms with Crippen LogP contribution in [0, 0.1) is 6.92 Å². The highest BCUT2D eigenvalue weighted by atomic mass is 32.1. The Balaban J connectivity index is 1.72. The van der Waals surface area contributed by atoms with E-state index in [1.165, 1.54) is 9.75 Å². The third-order valence-corrected chi connectivity index (χ3v) is 4.59. The molecule has 1 amide bonds. The smallest absolute Gasteiger partial charge is 0.222 e. The van der Waals surface area contributed by atoms with Crippen molar-refractivity contribution in [1.29, 1.82) is 0 Å². The highest BCUT2D eigenvalue weighted by Crippen LogP contribution is 2.15. The first-order valence-electron chi connectivity index (χ1n) is 8.04. The number of carbonyl (C=O) groups is 1. The molecule has 1 fully saturated rings. The lowest BCUT2D eigenvalue weighted by Gasteiger charge is -2.16. The maximum atomic E-state index is 11.5. The largest absolute Gasteiger partial charge is 0.357 e. The number of rotatable bonds is 7. The van der Waals surface area contributed by atoms with Crippen molar-refractivity contribution in [1.82, 2.24) is 15.5 Å². The van der Waals surface area contributed by atoms with Crippen molar-refractivity contribution >= 4 is 23.2 Å². The molecule has 1 aliphatic heterocycles. The molecule has 2 rings (SSSR count). The molecule has 2 N–H and O–H groups in total. The van der Waals surface area contributed by atoms with E-state index >= 15 is 0 Å². The molecule has 0 radical (unpaired) electrons. The van der Waals surface area contributed by atoms with Crippen molar-refractivity contribution in [3.05, 3.63) is 21.9 Å². The average Bonchev–Trinajstić information content (AvgIpc) is 3.09. The van der Waals surface area contributed by atoms with E-state index in [0.29, 0.717) is 12.5 Å². The first-order chi connectivity index (χ1) is 10.7. The van der Waals surface area contributed by atoms with Crippen molar-refractivity contribution in [2.45, 2.75) is 39.7 Å². The van der Waals surface area contributed by atoms with Gasteiger partial charge in [0.25, 0.3) is 0 Å². The van der Waals surface area contributed by atoms with Gasteiger partial charge in [0, 0.05) is 42.4 Å². The molecular formula is C16H26N4OS. The fourth-order valence-electron chi connectivity index (χ4n) is 2.49. The molecule has 122 valence electrons. The van der Waals surface area contributed by atoms with Gasteiger partial charge in [-0.3, -0.25) is 4.79 Å². The van der Waals surface area contributed by atoms with Crippen LogP contribution >= 0.6 is 11.3 Å². The number of guanidine groups is 1. The van der Waals surface area contributed by atoms with Gasteiger partial charge in [-0.25, -0.2) is 4.99 Å². The summed E-state index contributed by atoms with van der Waals surface area (Å²) in [7, 11) is 0. The number of likely N-dealkylation sites (tertiary alicyclic amines) is 1. The maximum Gasteiger partial charge on any atom is 0.222 e. The molecule has 0 spiro atoms. The predicted octanol–water partition coefficient (Wildman–Crippen LogP) is 2.12. The van der Waals surface area contributed by atoms with Gasteiger partial charge in [0.1, 0.15) is 0 Å². The van der Waals surface area contributed by atoms with Crippen LogP contribution in [-0.4, -0.2) is 42.9 Å². The van der Waals surface area contributed by atoms with E-state index in [0.717, 1.165) is 51.4 Å². The fourth-order valence-corrected chi connectivity index (χ4v) is 3.30. The monoisotopic (exact) mass is 322 g/mol. The normalized spacial score (nSPS) is 15.5. The summed E-state index contributed by atoms with van der Waals surface area (Å²) in [6.07, 6.45) is 2.68. The van der Waals surface area contributed by atoms with Crippen LogP contribution in [0.3, 0.4) is 0 Å². The number of hydrogen-bond donors (Lipinski definition) is 2. The minimum atomic E-state index is 0.300. The lowest BCUT2D eigenvalue weighted by atomic mass is 10.4. The van der Waals surface area contributed by atoms with Gasteiger partial charge in [0.15, 0.2) is 5.96 Å². The van der Waals surface area contributed by atoms with E-state index in [9.17, 15) is 4.79 Å². The summed E-state index contributed by atoms with van der Waals surface area (Å²) in [6.45, 7) is 8.33. The van der Waals surface area contributed by atoms with Crippen molar-refractivity contribution in [2.24, 2.45) is 4.99 Å². The Morgan fingerprint density at radius 2 is 2.27 bits per heavy atom. The van der Waals surface area contributed by atoms with E-state index in [1.807, 2.05) is 4.90 Å². The first kappa shape index (κ1) is 16.8. The van der Waals surface area contributed by atoms with Crippen LogP contribution in [-0.2, 0) is 11.3 Å². The van der Waals surface area contributed by atoms with Crippen molar-refractivity contribution < 1.29 is 4.79 Å². The second-order valence-electron chi connectivity index (χ2n) is 5.47. The number of aryl methyl sites for hydroxylation is 1. The Kier molecular flexibility index (Phi) is 6.71. The zero-order valence-corrected chi connectivity index (χ0v) is 14.3. The van der Waals surface area contributed by atoms with Crippen LogP contribution in [0.25, 0.3) is 0 Å². The molecule has 1 aromatic rings. The van der Waals surface area contributed by atoms with Crippen LogP contribution in [0.5, 0.6) is 0 Å². The SMILES string of the molecule is CCNC(=NCc1ccc(C)s1)NCCCN1CCCC1=O. The molecule has 0 atom stereocenters. The number of carbonyl (C=O) groups excluding carboxylic acids is 1. The summed E-state index contributed by atoms with van der Waals surface area (Å²) in [5.41, 5.74) is 0. The summed E-state index contributed by atoms with van der Waals surface area (Å²) in [6, 6.07) is 4.26. The van der Waals surface area contributed by atoms with Crippen molar-refractivity contribution in [3.8, 4) is 0 Å². The van der Waals surface area contributed by atoms with E-state index in [4.69, 9.17) is 0 Å². The molecule has 0 aliphatic carbocycles. The molecule has 5 nitrogen and oxygen atoms in total. The van der Waals surface area contributed by atoms with Crippen LogP contribution in [0.15, 0.2) is 17.1 Å². The van der Waals surface area contributed by atoms with Crippen LogP contribution in [0.1, 0.15) is 35.9 Å². The zero-order chi connectivity index (χ0) is 15.8. The van der Waals surface area contributed by atoms with E-state index in [-0.39, 0.29) is 0 Å². The van der Waals surface area contributed by atoms with Gasteiger partial charge in [-0.2, -0.15) is 0 Å². The third-order valence-electron chi connectivity index (χ3n) is 3.60. The minimum absolute atomic E-state index is 0.300. The molecule has 1 aromatic heterocycles. The number of nitrogens with zero attached hydrogens (tertiary/aromatic N) is 2. The van der Waals surface area contributed by atoms with Gasteiger partial charge in [-0.05, 0) is 38.8 Å². The molecule has 2 heterocycles. The summed E-state index contributed by atoms with van der Waals surface area (Å²) >= 11 is 1.79. The standard InChI is InChI=1S/C16H26N4OS/c1-3-17-16(19-12-14-8-7-13(2)22-14)18-9-5-11-20-10-4-6-15(20)21/h7-8H,3-6,9-12H2,1-2H3,(H2,17,18,19). The quantitative estimate of drug-likeness (QED) is 0.459. The molecule has 1 aliphatic rings. The first-order valence-corrected chi connectivity index (χ1v) is 8.86. The lowest BCUT2D eigenvalue weighted by Crippen LogP contribution is -2.38. The highest BCUT2D eigenvalue weighted by Gasteiger charge is 2.18. The number of nitrogens with one attached hydrogen (secondary N) is 2. The topological polar surface area (TPSA) is 56.7 Å². The number of hydrogen-bond acceptors (Lipinski definition) is 3. The maximum absolute atomic E-state index is 11.5. The predicted molar refractivity (Wildman–Crippen MR) is 92.3 cm³/mol. The van der Waals surface area contributed by atoms with E-state index in [2.05, 4.69) is 41.6 Å². The average molecular weight is 322 g/mol. The summed E-state index contributed by atoms with van der Waals surface area (Å²) in [5, 5.41) is 6.60. The number of amides is 1. The molecule has 6 heteroatoms.